The van der Waals surface area contributed by atoms with Gasteiger partial charge >= 0.3 is 0 Å². The molecule has 0 aromatic heterocycles. The predicted molar refractivity (Wildman–Crippen MR) is 128 cm³/mol. The predicted octanol–water partition coefficient (Wildman–Crippen LogP) is 3.70. The van der Waals surface area contributed by atoms with E-state index in [1.807, 2.05) is 31.1 Å². The highest BCUT2D eigenvalue weighted by molar-refractivity contribution is 6.31. The number of amides is 2. The van der Waals surface area contributed by atoms with Gasteiger partial charge < -0.3 is 9.64 Å². The lowest BCUT2D eigenvalue weighted by Gasteiger charge is -2.16. The lowest BCUT2D eigenvalue weighted by atomic mass is 10.1. The van der Waals surface area contributed by atoms with Crippen LogP contribution in [0.25, 0.3) is 6.08 Å². The van der Waals surface area contributed by atoms with Crippen molar-refractivity contribution in [2.24, 2.45) is 0 Å². The molecular weight excluding hydrogens is 436 g/mol. The molecule has 4 rings (SSSR count). The minimum Gasteiger partial charge on any atom is -0.488 e. The zero-order valence-electron chi connectivity index (χ0n) is 18.6. The fourth-order valence-electron chi connectivity index (χ4n) is 3.44. The van der Waals surface area contributed by atoms with Gasteiger partial charge in [0.25, 0.3) is 17.5 Å². The van der Waals surface area contributed by atoms with Crippen LogP contribution < -0.4 is 20.1 Å². The third-order valence-electron chi connectivity index (χ3n) is 5.23. The van der Waals surface area contributed by atoms with Gasteiger partial charge in [-0.25, -0.2) is 5.01 Å². The van der Waals surface area contributed by atoms with E-state index in [0.717, 1.165) is 5.69 Å². The van der Waals surface area contributed by atoms with E-state index in [2.05, 4.69) is 5.43 Å². The van der Waals surface area contributed by atoms with Crippen molar-refractivity contribution in [1.29, 1.82) is 0 Å². The van der Waals surface area contributed by atoms with Crippen molar-refractivity contribution >= 4 is 35.0 Å². The number of nitrogens with one attached hydrogen (secondary N) is 1. The van der Waals surface area contributed by atoms with Crippen LogP contribution in [0.5, 0.6) is 5.75 Å². The zero-order chi connectivity index (χ0) is 24.2. The Bertz CT molecular complexity index is 1290. The van der Waals surface area contributed by atoms with E-state index in [0.29, 0.717) is 22.6 Å². The second-order valence-electron chi connectivity index (χ2n) is 7.81. The average molecular weight is 458 g/mol. The first-order chi connectivity index (χ1) is 16.3. The number of para-hydroxylation sites is 1. The molecule has 1 N–H and O–H groups in total. The Kier molecular flexibility index (Phi) is 6.26. The summed E-state index contributed by atoms with van der Waals surface area (Å²) in [5, 5.41) is 12.3. The Labute approximate surface area is 196 Å². The van der Waals surface area contributed by atoms with E-state index in [9.17, 15) is 19.7 Å². The van der Waals surface area contributed by atoms with Crippen molar-refractivity contribution in [1.82, 2.24) is 5.43 Å². The van der Waals surface area contributed by atoms with E-state index >= 15 is 0 Å². The van der Waals surface area contributed by atoms with E-state index in [-0.39, 0.29) is 17.9 Å². The number of benzene rings is 3. The van der Waals surface area contributed by atoms with Gasteiger partial charge in [0.05, 0.1) is 10.6 Å². The van der Waals surface area contributed by atoms with Gasteiger partial charge in [0.15, 0.2) is 0 Å². The SMILES string of the molecule is CN(C)c1ccc(C=C2C(=O)NN(c3ccccc3)C2=O)c(OCc2cccc([N+](=O)[O-])c2)c1. The number of rotatable bonds is 7. The van der Waals surface area contributed by atoms with Crippen molar-refractivity contribution in [3.05, 3.63) is 99.6 Å². The second-order valence-corrected chi connectivity index (χ2v) is 7.81. The van der Waals surface area contributed by atoms with Gasteiger partial charge in [0.2, 0.25) is 0 Å². The molecule has 1 aliphatic rings. The number of nitrogens with zero attached hydrogens (tertiary/aromatic N) is 3. The zero-order valence-corrected chi connectivity index (χ0v) is 18.6. The normalized spacial score (nSPS) is 14.3. The van der Waals surface area contributed by atoms with Gasteiger partial charge in [-0.1, -0.05) is 30.3 Å². The summed E-state index contributed by atoms with van der Waals surface area (Å²) in [6, 6.07) is 20.4. The summed E-state index contributed by atoms with van der Waals surface area (Å²) >= 11 is 0. The summed E-state index contributed by atoms with van der Waals surface area (Å²) in [6.07, 6.45) is 1.49. The molecule has 1 heterocycles. The highest BCUT2D eigenvalue weighted by atomic mass is 16.6. The number of nitro benzene ring substituents is 1. The molecule has 172 valence electrons. The van der Waals surface area contributed by atoms with Crippen LogP contribution in [0.3, 0.4) is 0 Å². The molecule has 0 spiro atoms. The molecule has 0 saturated carbocycles. The fraction of sp³-hybridized carbons (Fsp3) is 0.120. The number of carbonyl (C=O) groups excluding carboxylic acids is 2. The molecule has 0 unspecified atom stereocenters. The summed E-state index contributed by atoms with van der Waals surface area (Å²) in [5.74, 6) is -0.559. The standard InChI is InChI=1S/C25H22N4O5/c1-27(2)20-12-11-18(23(15-20)34-16-17-7-6-10-21(13-17)29(32)33)14-22-24(30)26-28(25(22)31)19-8-4-3-5-9-19/h3-15H,16H2,1-2H3,(H,26,30). The molecule has 0 atom stereocenters. The Balaban J connectivity index is 1.65. The second kappa shape index (κ2) is 9.45. The highest BCUT2D eigenvalue weighted by Crippen LogP contribution is 2.30. The van der Waals surface area contributed by atoms with Crippen LogP contribution in [0.1, 0.15) is 11.1 Å². The monoisotopic (exact) mass is 458 g/mol. The molecule has 0 bridgehead atoms. The maximum absolute atomic E-state index is 12.9. The number of ether oxygens (including phenoxy) is 1. The van der Waals surface area contributed by atoms with Crippen LogP contribution in [0.4, 0.5) is 17.1 Å². The van der Waals surface area contributed by atoms with Crippen LogP contribution in [0, 0.1) is 10.1 Å². The number of carbonyl (C=O) groups is 2. The van der Waals surface area contributed by atoms with E-state index in [4.69, 9.17) is 4.74 Å². The van der Waals surface area contributed by atoms with E-state index < -0.39 is 16.7 Å². The minimum absolute atomic E-state index is 0.0262. The minimum atomic E-state index is -0.518. The van der Waals surface area contributed by atoms with E-state index in [1.165, 1.54) is 23.2 Å². The Morgan fingerprint density at radius 1 is 1.03 bits per heavy atom. The summed E-state index contributed by atoms with van der Waals surface area (Å²) in [7, 11) is 3.76. The molecule has 34 heavy (non-hydrogen) atoms. The number of nitro groups is 1. The number of non-ortho nitro benzene ring substituents is 1. The van der Waals surface area contributed by atoms with Crippen LogP contribution in [0.15, 0.2) is 78.4 Å². The molecule has 2 amide bonds. The number of anilines is 2. The molecule has 1 fully saturated rings. The van der Waals surface area contributed by atoms with Crippen molar-refractivity contribution in [3.8, 4) is 5.75 Å². The van der Waals surface area contributed by atoms with Crippen molar-refractivity contribution in [2.75, 3.05) is 24.0 Å². The first-order valence-electron chi connectivity index (χ1n) is 10.4. The molecule has 0 radical (unpaired) electrons. The van der Waals surface area contributed by atoms with Crippen LogP contribution in [0.2, 0.25) is 0 Å². The molecular formula is C25H22N4O5. The van der Waals surface area contributed by atoms with Crippen LogP contribution >= 0.6 is 0 Å². The Morgan fingerprint density at radius 3 is 2.50 bits per heavy atom. The Hall–Kier alpha value is -4.66. The van der Waals surface area contributed by atoms with Crippen molar-refractivity contribution < 1.29 is 19.2 Å². The first-order valence-corrected chi connectivity index (χ1v) is 10.4. The molecule has 9 heteroatoms. The maximum atomic E-state index is 12.9. The number of hydrazine groups is 1. The lowest BCUT2D eigenvalue weighted by molar-refractivity contribution is -0.384. The van der Waals surface area contributed by atoms with Gasteiger partial charge in [-0.2, -0.15) is 0 Å². The first kappa shape index (κ1) is 22.5. The lowest BCUT2D eigenvalue weighted by Crippen LogP contribution is -2.35. The summed E-state index contributed by atoms with van der Waals surface area (Å²) in [5.41, 5.74) is 5.08. The molecule has 3 aromatic rings. The summed E-state index contributed by atoms with van der Waals surface area (Å²) in [4.78, 5) is 38.0. The number of hydrogen-bond donors (Lipinski definition) is 1. The van der Waals surface area contributed by atoms with Gasteiger partial charge in [-0.3, -0.25) is 25.1 Å². The molecule has 9 nitrogen and oxygen atoms in total. The molecule has 1 aliphatic heterocycles. The quantitative estimate of drug-likeness (QED) is 0.251. The van der Waals surface area contributed by atoms with Gasteiger partial charge in [0, 0.05) is 43.5 Å². The smallest absolute Gasteiger partial charge is 0.282 e. The van der Waals surface area contributed by atoms with Gasteiger partial charge in [-0.05, 0) is 35.9 Å². The van der Waals surface area contributed by atoms with E-state index in [1.54, 1.807) is 48.5 Å². The van der Waals surface area contributed by atoms with Gasteiger partial charge in [0.1, 0.15) is 17.9 Å². The molecule has 0 aliphatic carbocycles. The Morgan fingerprint density at radius 2 is 1.79 bits per heavy atom. The molecule has 3 aromatic carbocycles. The van der Waals surface area contributed by atoms with Gasteiger partial charge in [-0.15, -0.1) is 0 Å². The number of hydrogen-bond acceptors (Lipinski definition) is 6. The summed E-state index contributed by atoms with van der Waals surface area (Å²) in [6.45, 7) is 0.0744. The maximum Gasteiger partial charge on any atom is 0.282 e. The van der Waals surface area contributed by atoms with Crippen LogP contribution in [-0.2, 0) is 16.2 Å². The van der Waals surface area contributed by atoms with Crippen molar-refractivity contribution in [3.63, 3.8) is 0 Å². The average Bonchev–Trinajstić information content (AvgIpc) is 3.12. The van der Waals surface area contributed by atoms with Crippen LogP contribution in [-0.4, -0.2) is 30.8 Å². The third kappa shape index (κ3) is 4.73. The highest BCUT2D eigenvalue weighted by Gasteiger charge is 2.34. The topological polar surface area (TPSA) is 105 Å². The molecule has 1 saturated heterocycles. The van der Waals surface area contributed by atoms with Crippen molar-refractivity contribution in [2.45, 2.75) is 6.61 Å². The largest absolute Gasteiger partial charge is 0.488 e. The summed E-state index contributed by atoms with van der Waals surface area (Å²) < 4.78 is 5.99. The third-order valence-corrected chi connectivity index (χ3v) is 5.23. The fourth-order valence-corrected chi connectivity index (χ4v) is 3.44.